The van der Waals surface area contributed by atoms with Crippen LogP contribution in [0, 0.1) is 0 Å². The first kappa shape index (κ1) is 13.7. The van der Waals surface area contributed by atoms with E-state index in [0.717, 1.165) is 0 Å². The molecule has 1 atom stereocenters. The second kappa shape index (κ2) is 7.08. The van der Waals surface area contributed by atoms with Crippen LogP contribution >= 0.6 is 11.8 Å². The van der Waals surface area contributed by atoms with Gasteiger partial charge in [-0.1, -0.05) is 18.7 Å². The van der Waals surface area contributed by atoms with Crippen molar-refractivity contribution >= 4 is 17.7 Å². The summed E-state index contributed by atoms with van der Waals surface area (Å²) in [6.45, 7) is 2.61. The van der Waals surface area contributed by atoms with Crippen molar-refractivity contribution in [2.75, 3.05) is 12.3 Å². The summed E-state index contributed by atoms with van der Waals surface area (Å²) in [5.41, 5.74) is 5.06. The SMILES string of the molecule is CCNC(CCSc1nccc(=O)[nH]1)C(N)=O. The lowest BCUT2D eigenvalue weighted by Crippen LogP contribution is -2.41. The normalized spacial score (nSPS) is 12.3. The molecule has 1 heterocycles. The summed E-state index contributed by atoms with van der Waals surface area (Å²) >= 11 is 1.39. The molecule has 0 aliphatic rings. The number of thioether (sulfide) groups is 1. The Labute approximate surface area is 103 Å². The molecule has 6 nitrogen and oxygen atoms in total. The van der Waals surface area contributed by atoms with Crippen LogP contribution in [-0.2, 0) is 4.79 Å². The second-order valence-corrected chi connectivity index (χ2v) is 4.47. The van der Waals surface area contributed by atoms with Crippen molar-refractivity contribution in [1.29, 1.82) is 0 Å². The molecule has 0 aromatic carbocycles. The third-order valence-electron chi connectivity index (χ3n) is 2.09. The molecular weight excluding hydrogens is 240 g/mol. The van der Waals surface area contributed by atoms with Crippen LogP contribution in [0.15, 0.2) is 22.2 Å². The Morgan fingerprint density at radius 3 is 3.06 bits per heavy atom. The maximum Gasteiger partial charge on any atom is 0.251 e. The number of carbonyl (C=O) groups excluding carboxylic acids is 1. The standard InChI is InChI=1S/C10H16N4O2S/c1-2-12-7(9(11)16)4-6-17-10-13-5-3-8(15)14-10/h3,5,7,12H,2,4,6H2,1H3,(H2,11,16)(H,13,14,15). The van der Waals surface area contributed by atoms with Gasteiger partial charge in [-0.3, -0.25) is 9.59 Å². The van der Waals surface area contributed by atoms with Gasteiger partial charge in [0.2, 0.25) is 5.91 Å². The summed E-state index contributed by atoms with van der Waals surface area (Å²) in [5.74, 6) is 0.301. The van der Waals surface area contributed by atoms with E-state index in [1.807, 2.05) is 6.92 Å². The highest BCUT2D eigenvalue weighted by Gasteiger charge is 2.13. The second-order valence-electron chi connectivity index (χ2n) is 3.39. The summed E-state index contributed by atoms with van der Waals surface area (Å²) in [5, 5.41) is 3.55. The number of carbonyl (C=O) groups is 1. The Hall–Kier alpha value is -1.34. The molecule has 1 amide bonds. The van der Waals surface area contributed by atoms with Crippen molar-refractivity contribution in [3.8, 4) is 0 Å². The lowest BCUT2D eigenvalue weighted by Gasteiger charge is -2.13. The van der Waals surface area contributed by atoms with Gasteiger partial charge >= 0.3 is 0 Å². The van der Waals surface area contributed by atoms with E-state index in [1.165, 1.54) is 24.0 Å². The van der Waals surface area contributed by atoms with Crippen LogP contribution in [0.5, 0.6) is 0 Å². The zero-order chi connectivity index (χ0) is 12.7. The van der Waals surface area contributed by atoms with Gasteiger partial charge in [-0.15, -0.1) is 0 Å². The molecule has 1 aromatic heterocycles. The number of amides is 1. The molecule has 0 spiro atoms. The molecule has 17 heavy (non-hydrogen) atoms. The summed E-state index contributed by atoms with van der Waals surface area (Å²) in [6.07, 6.45) is 2.06. The average molecular weight is 256 g/mol. The molecule has 1 rings (SSSR count). The third kappa shape index (κ3) is 5.01. The highest BCUT2D eigenvalue weighted by atomic mass is 32.2. The Morgan fingerprint density at radius 1 is 1.71 bits per heavy atom. The highest BCUT2D eigenvalue weighted by molar-refractivity contribution is 7.99. The van der Waals surface area contributed by atoms with Crippen molar-refractivity contribution in [2.45, 2.75) is 24.5 Å². The third-order valence-corrected chi connectivity index (χ3v) is 3.01. The quantitative estimate of drug-likeness (QED) is 0.460. The number of H-pyrrole nitrogens is 1. The van der Waals surface area contributed by atoms with Crippen LogP contribution in [0.3, 0.4) is 0 Å². The van der Waals surface area contributed by atoms with Gasteiger partial charge in [0.05, 0.1) is 6.04 Å². The maximum absolute atomic E-state index is 11.1. The van der Waals surface area contributed by atoms with Crippen LogP contribution in [0.2, 0.25) is 0 Å². The topological polar surface area (TPSA) is 101 Å². The first-order valence-corrected chi connectivity index (χ1v) is 6.33. The molecule has 0 fully saturated rings. The Morgan fingerprint density at radius 2 is 2.47 bits per heavy atom. The molecule has 0 radical (unpaired) electrons. The number of primary amides is 1. The first-order valence-electron chi connectivity index (χ1n) is 5.34. The lowest BCUT2D eigenvalue weighted by atomic mass is 10.2. The van der Waals surface area contributed by atoms with Crippen molar-refractivity contribution < 1.29 is 4.79 Å². The molecule has 0 aliphatic heterocycles. The number of nitrogens with one attached hydrogen (secondary N) is 2. The molecule has 7 heteroatoms. The van der Waals surface area contributed by atoms with E-state index >= 15 is 0 Å². The predicted molar refractivity (Wildman–Crippen MR) is 66.9 cm³/mol. The summed E-state index contributed by atoms with van der Waals surface area (Å²) < 4.78 is 0. The number of hydrogen-bond acceptors (Lipinski definition) is 5. The maximum atomic E-state index is 11.1. The fourth-order valence-corrected chi connectivity index (χ4v) is 2.15. The van der Waals surface area contributed by atoms with Crippen molar-refractivity contribution in [2.24, 2.45) is 5.73 Å². The van der Waals surface area contributed by atoms with Gasteiger partial charge in [0.1, 0.15) is 0 Å². The molecule has 0 bridgehead atoms. The minimum absolute atomic E-state index is 0.180. The minimum Gasteiger partial charge on any atom is -0.368 e. The number of likely N-dealkylation sites (N-methyl/N-ethyl adjacent to an activating group) is 1. The van der Waals surface area contributed by atoms with Gasteiger partial charge in [-0.05, 0) is 13.0 Å². The van der Waals surface area contributed by atoms with E-state index in [0.29, 0.717) is 23.9 Å². The number of nitrogens with zero attached hydrogens (tertiary/aromatic N) is 1. The zero-order valence-electron chi connectivity index (χ0n) is 9.60. The molecule has 1 aromatic rings. The van der Waals surface area contributed by atoms with Gasteiger partial charge in [0, 0.05) is 18.0 Å². The van der Waals surface area contributed by atoms with Crippen molar-refractivity contribution in [3.05, 3.63) is 22.6 Å². The van der Waals surface area contributed by atoms with E-state index in [9.17, 15) is 9.59 Å². The van der Waals surface area contributed by atoms with Gasteiger partial charge in [0.15, 0.2) is 5.16 Å². The molecule has 0 saturated heterocycles. The lowest BCUT2D eigenvalue weighted by molar-refractivity contribution is -0.120. The Balaban J connectivity index is 2.40. The molecule has 0 aliphatic carbocycles. The first-order chi connectivity index (χ1) is 8.13. The van der Waals surface area contributed by atoms with E-state index < -0.39 is 0 Å². The zero-order valence-corrected chi connectivity index (χ0v) is 10.4. The van der Waals surface area contributed by atoms with Crippen LogP contribution in [0.1, 0.15) is 13.3 Å². The Kier molecular flexibility index (Phi) is 5.71. The fraction of sp³-hybridized carbons (Fsp3) is 0.500. The van der Waals surface area contributed by atoms with Crippen LogP contribution in [-0.4, -0.2) is 34.2 Å². The number of rotatable bonds is 7. The van der Waals surface area contributed by atoms with Crippen LogP contribution in [0.25, 0.3) is 0 Å². The number of nitrogens with two attached hydrogens (primary N) is 1. The molecule has 4 N–H and O–H groups in total. The van der Waals surface area contributed by atoms with E-state index in [4.69, 9.17) is 5.73 Å². The summed E-state index contributed by atoms with van der Waals surface area (Å²) in [4.78, 5) is 28.7. The number of aromatic nitrogens is 2. The van der Waals surface area contributed by atoms with Gasteiger partial charge in [-0.2, -0.15) is 0 Å². The van der Waals surface area contributed by atoms with Crippen molar-refractivity contribution in [3.63, 3.8) is 0 Å². The number of hydrogen-bond donors (Lipinski definition) is 3. The van der Waals surface area contributed by atoms with Gasteiger partial charge in [-0.25, -0.2) is 4.98 Å². The molecular formula is C10H16N4O2S. The Bertz CT molecular complexity index is 421. The summed E-state index contributed by atoms with van der Waals surface area (Å²) in [6, 6.07) is 1.03. The van der Waals surface area contributed by atoms with Crippen molar-refractivity contribution in [1.82, 2.24) is 15.3 Å². The molecule has 1 unspecified atom stereocenters. The van der Waals surface area contributed by atoms with E-state index in [2.05, 4.69) is 15.3 Å². The highest BCUT2D eigenvalue weighted by Crippen LogP contribution is 2.12. The van der Waals surface area contributed by atoms with E-state index in [-0.39, 0.29) is 17.5 Å². The molecule has 94 valence electrons. The summed E-state index contributed by atoms with van der Waals surface area (Å²) in [7, 11) is 0. The fourth-order valence-electron chi connectivity index (χ4n) is 1.29. The van der Waals surface area contributed by atoms with Gasteiger partial charge < -0.3 is 16.0 Å². The van der Waals surface area contributed by atoms with Gasteiger partial charge in [0.25, 0.3) is 5.56 Å². The predicted octanol–water partition coefficient (Wildman–Crippen LogP) is -0.284. The largest absolute Gasteiger partial charge is 0.368 e. The van der Waals surface area contributed by atoms with Crippen LogP contribution < -0.4 is 16.6 Å². The van der Waals surface area contributed by atoms with Crippen LogP contribution in [0.4, 0.5) is 0 Å². The minimum atomic E-state index is -0.359. The molecule has 0 saturated carbocycles. The van der Waals surface area contributed by atoms with E-state index in [1.54, 1.807) is 0 Å². The average Bonchev–Trinajstić information content (AvgIpc) is 2.28. The smallest absolute Gasteiger partial charge is 0.251 e. The monoisotopic (exact) mass is 256 g/mol. The number of aromatic amines is 1.